The largest absolute Gasteiger partial charge is 3.00 e. The van der Waals surface area contributed by atoms with Crippen molar-refractivity contribution in [1.29, 1.82) is 0 Å². The predicted molar refractivity (Wildman–Crippen MR) is 188 cm³/mol. The molecule has 0 bridgehead atoms. The topological polar surface area (TPSA) is 92.1 Å². The van der Waals surface area contributed by atoms with Gasteiger partial charge in [0.15, 0.2) is 0 Å². The molecule has 58 heavy (non-hydrogen) atoms. The van der Waals surface area contributed by atoms with Crippen molar-refractivity contribution in [3.63, 3.8) is 0 Å². The van der Waals surface area contributed by atoms with E-state index in [0.717, 1.165) is 36.4 Å². The summed E-state index contributed by atoms with van der Waals surface area (Å²) in [7, 11) is 0. The molecule has 0 aliphatic heterocycles. The SMILES string of the molecule is FC(F)(F)c1ccc(-n2nc3c[c-]ccc3n2)cc1.FC(F)(F)c1ccc(-n2nc3c[c-]ccc3n2)cc1.FC(F)(F)c1ccc(-n2nc3c[c-]ccc3n2)cc1.[Ir+3]. The number of rotatable bonds is 3. The van der Waals surface area contributed by atoms with Gasteiger partial charge in [-0.1, -0.05) is 0 Å². The third-order valence-corrected chi connectivity index (χ3v) is 7.95. The molecule has 0 radical (unpaired) electrons. The van der Waals surface area contributed by atoms with E-state index in [-0.39, 0.29) is 20.1 Å². The van der Waals surface area contributed by atoms with E-state index in [1.165, 1.54) is 50.8 Å². The first-order chi connectivity index (χ1) is 27.1. The summed E-state index contributed by atoms with van der Waals surface area (Å²) in [5.74, 6) is 0. The van der Waals surface area contributed by atoms with Crippen LogP contribution in [-0.4, -0.2) is 45.0 Å². The molecule has 9 aromatic rings. The van der Waals surface area contributed by atoms with Crippen molar-refractivity contribution in [2.24, 2.45) is 0 Å². The Labute approximate surface area is 334 Å². The van der Waals surface area contributed by atoms with Crippen molar-refractivity contribution in [2.75, 3.05) is 0 Å². The van der Waals surface area contributed by atoms with E-state index in [2.05, 4.69) is 48.8 Å². The first-order valence-electron chi connectivity index (χ1n) is 16.3. The second-order valence-corrected chi connectivity index (χ2v) is 11.8. The number of fused-ring (bicyclic) bond motifs is 3. The van der Waals surface area contributed by atoms with Gasteiger partial charge in [-0.05, 0) is 72.8 Å². The van der Waals surface area contributed by atoms with Crippen LogP contribution in [0.25, 0.3) is 50.2 Å². The van der Waals surface area contributed by atoms with Crippen molar-refractivity contribution in [2.45, 2.75) is 18.5 Å². The van der Waals surface area contributed by atoms with Gasteiger partial charge in [-0.2, -0.15) is 106 Å². The molecule has 3 heterocycles. The van der Waals surface area contributed by atoms with Gasteiger partial charge in [0, 0.05) is 33.1 Å². The first-order valence-corrected chi connectivity index (χ1v) is 16.3. The second kappa shape index (κ2) is 16.6. The van der Waals surface area contributed by atoms with Crippen molar-refractivity contribution in [3.8, 4) is 17.1 Å². The quantitative estimate of drug-likeness (QED) is 0.129. The summed E-state index contributed by atoms with van der Waals surface area (Å²) in [6.07, 6.45) is -13.0. The minimum absolute atomic E-state index is 0. The van der Waals surface area contributed by atoms with Gasteiger partial charge in [0.1, 0.15) is 0 Å². The molecular formula is C39H21F9IrN9. The third kappa shape index (κ3) is 9.55. The Morgan fingerprint density at radius 2 is 0.552 bits per heavy atom. The van der Waals surface area contributed by atoms with E-state index in [4.69, 9.17) is 0 Å². The molecule has 0 saturated carbocycles. The number of halogens is 9. The Kier molecular flexibility index (Phi) is 11.8. The fourth-order valence-electron chi connectivity index (χ4n) is 5.11. The van der Waals surface area contributed by atoms with Crippen molar-refractivity contribution in [3.05, 3.63) is 162 Å². The van der Waals surface area contributed by atoms with Crippen LogP contribution in [0.1, 0.15) is 16.7 Å². The van der Waals surface area contributed by atoms with Gasteiger partial charge in [-0.15, -0.1) is 36.4 Å². The zero-order valence-corrected chi connectivity index (χ0v) is 31.3. The van der Waals surface area contributed by atoms with E-state index in [1.807, 2.05) is 0 Å². The molecule has 0 aliphatic rings. The molecule has 0 fully saturated rings. The molecular weight excluding hydrogens is 958 g/mol. The van der Waals surface area contributed by atoms with Crippen molar-refractivity contribution in [1.82, 2.24) is 45.0 Å². The van der Waals surface area contributed by atoms with Crippen molar-refractivity contribution < 1.29 is 59.6 Å². The summed E-state index contributed by atoms with van der Waals surface area (Å²) in [6.45, 7) is 0. The second-order valence-electron chi connectivity index (χ2n) is 11.8. The molecule has 19 heteroatoms. The molecule has 294 valence electrons. The first kappa shape index (κ1) is 41.2. The predicted octanol–water partition coefficient (Wildman–Crippen LogP) is 9.72. The Morgan fingerprint density at radius 1 is 0.328 bits per heavy atom. The molecule has 0 atom stereocenters. The van der Waals surface area contributed by atoms with Crippen LogP contribution in [-0.2, 0) is 38.6 Å². The molecule has 0 unspecified atom stereocenters. The molecule has 9 rings (SSSR count). The molecule has 0 N–H and O–H groups in total. The normalized spacial score (nSPS) is 11.7. The Hall–Kier alpha value is -6.46. The van der Waals surface area contributed by atoms with Gasteiger partial charge in [0.05, 0.1) is 33.8 Å². The number of aromatic nitrogens is 9. The van der Waals surface area contributed by atoms with Crippen LogP contribution in [0.4, 0.5) is 39.5 Å². The van der Waals surface area contributed by atoms with E-state index in [1.54, 1.807) is 54.6 Å². The molecule has 6 aromatic carbocycles. The van der Waals surface area contributed by atoms with Crippen molar-refractivity contribution >= 4 is 33.1 Å². The monoisotopic (exact) mass is 979 g/mol. The Balaban J connectivity index is 0.000000145. The summed E-state index contributed by atoms with van der Waals surface area (Å²) in [5.41, 5.74) is 3.27. The van der Waals surface area contributed by atoms with E-state index < -0.39 is 35.2 Å². The summed E-state index contributed by atoms with van der Waals surface area (Å²) in [6, 6.07) is 38.0. The maximum atomic E-state index is 12.4. The summed E-state index contributed by atoms with van der Waals surface area (Å²) < 4.78 is 112. The minimum Gasteiger partial charge on any atom is -0.215 e. The number of hydrogen-bond donors (Lipinski definition) is 0. The maximum Gasteiger partial charge on any atom is 3.00 e. The summed E-state index contributed by atoms with van der Waals surface area (Å²) in [4.78, 5) is 3.91. The number of alkyl halides is 9. The third-order valence-electron chi connectivity index (χ3n) is 7.95. The van der Waals surface area contributed by atoms with Crippen LogP contribution < -0.4 is 0 Å². The number of nitrogens with zero attached hydrogens (tertiary/aromatic N) is 9. The smallest absolute Gasteiger partial charge is 0.215 e. The van der Waals surface area contributed by atoms with Crippen LogP contribution in [0, 0.1) is 18.2 Å². The van der Waals surface area contributed by atoms with Crippen LogP contribution in [0.15, 0.2) is 127 Å². The molecule has 0 spiro atoms. The molecule has 9 nitrogen and oxygen atoms in total. The van der Waals surface area contributed by atoms with E-state index in [0.29, 0.717) is 50.2 Å². The van der Waals surface area contributed by atoms with Gasteiger partial charge in [0.25, 0.3) is 0 Å². The molecule has 3 aromatic heterocycles. The van der Waals surface area contributed by atoms with Gasteiger partial charge in [-0.25, -0.2) is 15.3 Å². The van der Waals surface area contributed by atoms with Crippen LogP contribution in [0.2, 0.25) is 0 Å². The standard InChI is InChI=1S/3C13H7F3N3.Ir/c3*14-13(15,16)9-5-7-10(8-6-9)19-17-11-3-1-2-4-12(11)18-19;/h3*1,3-8H;/q3*-1;+3. The van der Waals surface area contributed by atoms with Gasteiger partial charge < -0.3 is 0 Å². The van der Waals surface area contributed by atoms with E-state index in [9.17, 15) is 39.5 Å². The van der Waals surface area contributed by atoms with Crippen LogP contribution in [0.5, 0.6) is 0 Å². The molecule has 0 amide bonds. The average molecular weight is 979 g/mol. The van der Waals surface area contributed by atoms with Gasteiger partial charge in [-0.3, -0.25) is 0 Å². The summed E-state index contributed by atoms with van der Waals surface area (Å²) in [5, 5.41) is 25.0. The van der Waals surface area contributed by atoms with Gasteiger partial charge >= 0.3 is 38.6 Å². The minimum atomic E-state index is -4.34. The molecule has 0 aliphatic carbocycles. The summed E-state index contributed by atoms with van der Waals surface area (Å²) >= 11 is 0. The number of hydrogen-bond acceptors (Lipinski definition) is 6. The maximum absolute atomic E-state index is 12.4. The Morgan fingerprint density at radius 3 is 0.759 bits per heavy atom. The zero-order valence-electron chi connectivity index (χ0n) is 28.9. The zero-order chi connectivity index (χ0) is 40.4. The van der Waals surface area contributed by atoms with Crippen LogP contribution in [0.3, 0.4) is 0 Å². The Bertz CT molecular complexity index is 2350. The molecule has 0 saturated heterocycles. The average Bonchev–Trinajstić information content (AvgIpc) is 3.95. The van der Waals surface area contributed by atoms with Crippen LogP contribution >= 0.6 is 0 Å². The fraction of sp³-hybridized carbons (Fsp3) is 0.0769. The van der Waals surface area contributed by atoms with E-state index >= 15 is 0 Å². The fourth-order valence-corrected chi connectivity index (χ4v) is 5.11. The van der Waals surface area contributed by atoms with Gasteiger partial charge in [0.2, 0.25) is 0 Å². The number of benzene rings is 6.